The van der Waals surface area contributed by atoms with Gasteiger partial charge < -0.3 is 9.73 Å². The number of nitrogens with one attached hydrogen (secondary N) is 2. The van der Waals surface area contributed by atoms with Gasteiger partial charge in [0.25, 0.3) is 11.8 Å². The molecule has 2 amide bonds. The predicted octanol–water partition coefficient (Wildman–Crippen LogP) is 3.49. The number of hydrogen-bond acceptors (Lipinski definition) is 4. The molecule has 1 aromatic heterocycles. The van der Waals surface area contributed by atoms with Crippen molar-refractivity contribution in [1.82, 2.24) is 10.7 Å². The van der Waals surface area contributed by atoms with E-state index >= 15 is 0 Å². The van der Waals surface area contributed by atoms with Crippen LogP contribution in [0, 0.1) is 5.92 Å². The SMILES string of the molecule is CC(C)C(NC(=O)c1ccc(Cl)c(Cl)c1)C(=O)NN=Cc1ccco1. The zero-order chi connectivity index (χ0) is 18.4. The maximum absolute atomic E-state index is 12.3. The van der Waals surface area contributed by atoms with Gasteiger partial charge in [0.05, 0.1) is 22.5 Å². The van der Waals surface area contributed by atoms with Gasteiger partial charge in [-0.25, -0.2) is 5.43 Å². The molecule has 2 N–H and O–H groups in total. The molecule has 1 unspecified atom stereocenters. The number of furan rings is 1. The summed E-state index contributed by atoms with van der Waals surface area (Å²) in [4.78, 5) is 24.6. The molecule has 0 saturated carbocycles. The van der Waals surface area contributed by atoms with Crippen LogP contribution in [0.15, 0.2) is 46.1 Å². The number of rotatable bonds is 6. The first-order valence-electron chi connectivity index (χ1n) is 7.51. The number of nitrogens with zero attached hydrogens (tertiary/aromatic N) is 1. The Bertz CT molecular complexity index is 773. The molecule has 1 heterocycles. The normalized spacial score (nSPS) is 12.4. The van der Waals surface area contributed by atoms with E-state index in [4.69, 9.17) is 27.6 Å². The van der Waals surface area contributed by atoms with E-state index in [0.29, 0.717) is 16.3 Å². The van der Waals surface area contributed by atoms with Crippen molar-refractivity contribution >= 4 is 41.2 Å². The van der Waals surface area contributed by atoms with Gasteiger partial charge in [0.2, 0.25) is 0 Å². The van der Waals surface area contributed by atoms with E-state index < -0.39 is 17.9 Å². The lowest BCUT2D eigenvalue weighted by molar-refractivity contribution is -0.123. The molecular weight excluding hydrogens is 365 g/mol. The fraction of sp³-hybridized carbons (Fsp3) is 0.235. The summed E-state index contributed by atoms with van der Waals surface area (Å²) in [7, 11) is 0. The van der Waals surface area contributed by atoms with E-state index in [9.17, 15) is 9.59 Å². The number of carbonyl (C=O) groups excluding carboxylic acids is 2. The second kappa shape index (κ2) is 8.69. The van der Waals surface area contributed by atoms with Crippen LogP contribution in [0.25, 0.3) is 0 Å². The molecular formula is C17H17Cl2N3O3. The lowest BCUT2D eigenvalue weighted by Crippen LogP contribution is -2.48. The lowest BCUT2D eigenvalue weighted by Gasteiger charge is -2.20. The van der Waals surface area contributed by atoms with Gasteiger partial charge in [-0.2, -0.15) is 5.10 Å². The van der Waals surface area contributed by atoms with Crippen molar-refractivity contribution in [1.29, 1.82) is 0 Å². The standard InChI is InChI=1S/C17H17Cl2N3O3/c1-10(2)15(17(24)22-20-9-12-4-3-7-25-12)21-16(23)11-5-6-13(18)14(19)8-11/h3-10,15H,1-2H3,(H,21,23)(H,22,24). The molecule has 6 nitrogen and oxygen atoms in total. The Labute approximate surface area is 155 Å². The minimum Gasteiger partial charge on any atom is -0.463 e. The third kappa shape index (κ3) is 5.34. The summed E-state index contributed by atoms with van der Waals surface area (Å²) < 4.78 is 5.07. The zero-order valence-corrected chi connectivity index (χ0v) is 15.1. The van der Waals surface area contributed by atoms with Gasteiger partial charge in [-0.15, -0.1) is 0 Å². The Morgan fingerprint density at radius 3 is 2.56 bits per heavy atom. The molecule has 0 aliphatic rings. The molecule has 1 atom stereocenters. The maximum atomic E-state index is 12.3. The third-order valence-corrected chi connectivity index (χ3v) is 4.07. The fourth-order valence-electron chi connectivity index (χ4n) is 1.99. The second-order valence-electron chi connectivity index (χ2n) is 5.57. The maximum Gasteiger partial charge on any atom is 0.262 e. The van der Waals surface area contributed by atoms with Crippen molar-refractivity contribution in [2.24, 2.45) is 11.0 Å². The number of carbonyl (C=O) groups is 2. The summed E-state index contributed by atoms with van der Waals surface area (Å²) in [6, 6.07) is 7.14. The highest BCUT2D eigenvalue weighted by Gasteiger charge is 2.24. The molecule has 0 spiro atoms. The van der Waals surface area contributed by atoms with Crippen LogP contribution in [-0.4, -0.2) is 24.1 Å². The minimum absolute atomic E-state index is 0.148. The van der Waals surface area contributed by atoms with Crippen molar-refractivity contribution in [3.05, 3.63) is 58.0 Å². The summed E-state index contributed by atoms with van der Waals surface area (Å²) in [5.74, 6) is -0.513. The number of amides is 2. The topological polar surface area (TPSA) is 83.7 Å². The van der Waals surface area contributed by atoms with Crippen LogP contribution >= 0.6 is 23.2 Å². The monoisotopic (exact) mass is 381 g/mol. The summed E-state index contributed by atoms with van der Waals surface area (Å²) in [6.45, 7) is 3.63. The molecule has 8 heteroatoms. The number of hydrogen-bond donors (Lipinski definition) is 2. The number of halogens is 2. The van der Waals surface area contributed by atoms with Crippen LogP contribution in [0.1, 0.15) is 30.0 Å². The summed E-state index contributed by atoms with van der Waals surface area (Å²) in [6.07, 6.45) is 2.87. The van der Waals surface area contributed by atoms with E-state index in [1.165, 1.54) is 30.7 Å². The van der Waals surface area contributed by atoms with Crippen molar-refractivity contribution in [3.63, 3.8) is 0 Å². The second-order valence-corrected chi connectivity index (χ2v) is 6.39. The van der Waals surface area contributed by atoms with E-state index in [0.717, 1.165) is 0 Å². The van der Waals surface area contributed by atoms with Gasteiger partial charge >= 0.3 is 0 Å². The first kappa shape index (κ1) is 19.0. The number of hydrazone groups is 1. The van der Waals surface area contributed by atoms with Crippen LogP contribution in [0.4, 0.5) is 0 Å². The Hall–Kier alpha value is -2.31. The number of benzene rings is 1. The van der Waals surface area contributed by atoms with Crippen LogP contribution in [0.5, 0.6) is 0 Å². The van der Waals surface area contributed by atoms with Crippen molar-refractivity contribution in [2.45, 2.75) is 19.9 Å². The van der Waals surface area contributed by atoms with E-state index in [2.05, 4.69) is 15.8 Å². The Balaban J connectivity index is 2.02. The van der Waals surface area contributed by atoms with Crippen LogP contribution < -0.4 is 10.7 Å². The Morgan fingerprint density at radius 1 is 1.20 bits per heavy atom. The lowest BCUT2D eigenvalue weighted by atomic mass is 10.0. The third-order valence-electron chi connectivity index (χ3n) is 3.33. The zero-order valence-electron chi connectivity index (χ0n) is 13.6. The van der Waals surface area contributed by atoms with Crippen molar-refractivity contribution in [3.8, 4) is 0 Å². The molecule has 0 radical (unpaired) electrons. The van der Waals surface area contributed by atoms with E-state index in [1.807, 2.05) is 13.8 Å². The smallest absolute Gasteiger partial charge is 0.262 e. The van der Waals surface area contributed by atoms with Crippen LogP contribution in [0.3, 0.4) is 0 Å². The minimum atomic E-state index is -0.768. The molecule has 0 aliphatic carbocycles. The first-order chi connectivity index (χ1) is 11.9. The van der Waals surface area contributed by atoms with Crippen LogP contribution in [-0.2, 0) is 4.79 Å². The largest absolute Gasteiger partial charge is 0.463 e. The van der Waals surface area contributed by atoms with Gasteiger partial charge in [0, 0.05) is 5.56 Å². The highest BCUT2D eigenvalue weighted by Crippen LogP contribution is 2.22. The van der Waals surface area contributed by atoms with Crippen molar-refractivity contribution < 1.29 is 14.0 Å². The molecule has 0 fully saturated rings. The molecule has 2 rings (SSSR count). The molecule has 1 aromatic carbocycles. The summed E-state index contributed by atoms with van der Waals surface area (Å²) in [5, 5.41) is 7.10. The molecule has 25 heavy (non-hydrogen) atoms. The predicted molar refractivity (Wildman–Crippen MR) is 97.0 cm³/mol. The average Bonchev–Trinajstić information content (AvgIpc) is 3.07. The highest BCUT2D eigenvalue weighted by molar-refractivity contribution is 6.42. The molecule has 0 bridgehead atoms. The van der Waals surface area contributed by atoms with Gasteiger partial charge in [-0.05, 0) is 36.2 Å². The molecule has 0 saturated heterocycles. The fourth-order valence-corrected chi connectivity index (χ4v) is 2.29. The van der Waals surface area contributed by atoms with Gasteiger partial charge in [-0.1, -0.05) is 37.0 Å². The van der Waals surface area contributed by atoms with Gasteiger partial charge in [-0.3, -0.25) is 9.59 Å². The van der Waals surface area contributed by atoms with Gasteiger partial charge in [0.1, 0.15) is 11.8 Å². The summed E-state index contributed by atoms with van der Waals surface area (Å²) >= 11 is 11.8. The van der Waals surface area contributed by atoms with E-state index in [1.54, 1.807) is 12.1 Å². The first-order valence-corrected chi connectivity index (χ1v) is 8.26. The average molecular weight is 382 g/mol. The summed E-state index contributed by atoms with van der Waals surface area (Å²) in [5.41, 5.74) is 2.70. The molecule has 132 valence electrons. The Morgan fingerprint density at radius 2 is 1.96 bits per heavy atom. The Kier molecular flexibility index (Phi) is 6.61. The van der Waals surface area contributed by atoms with Gasteiger partial charge in [0.15, 0.2) is 0 Å². The van der Waals surface area contributed by atoms with E-state index in [-0.39, 0.29) is 10.9 Å². The quantitative estimate of drug-likeness (QED) is 0.593. The highest BCUT2D eigenvalue weighted by atomic mass is 35.5. The van der Waals surface area contributed by atoms with Crippen LogP contribution in [0.2, 0.25) is 10.0 Å². The molecule has 2 aromatic rings. The van der Waals surface area contributed by atoms with Crippen molar-refractivity contribution in [2.75, 3.05) is 0 Å². The molecule has 0 aliphatic heterocycles.